The van der Waals surface area contributed by atoms with Crippen LogP contribution in [0.4, 0.5) is 11.4 Å². The zero-order valence-corrected chi connectivity index (χ0v) is 17.5. The van der Waals surface area contributed by atoms with Crippen LogP contribution in [0.5, 0.6) is 5.75 Å². The van der Waals surface area contributed by atoms with Gasteiger partial charge in [0.1, 0.15) is 5.75 Å². The van der Waals surface area contributed by atoms with Gasteiger partial charge in [0.2, 0.25) is 5.91 Å². The smallest absolute Gasteiger partial charge is 0.262 e. The maximum Gasteiger partial charge on any atom is 0.262 e. The van der Waals surface area contributed by atoms with Crippen LogP contribution in [0.3, 0.4) is 0 Å². The van der Waals surface area contributed by atoms with Gasteiger partial charge in [0.15, 0.2) is 0 Å². The molecule has 0 unspecified atom stereocenters. The van der Waals surface area contributed by atoms with Gasteiger partial charge in [0.25, 0.3) is 10.0 Å². The van der Waals surface area contributed by atoms with E-state index < -0.39 is 10.0 Å². The molecule has 1 aliphatic heterocycles. The van der Waals surface area contributed by atoms with Crippen molar-refractivity contribution in [1.82, 2.24) is 0 Å². The SMILES string of the molecule is COc1cc(NS(=O)(=O)c2c(C)cc(C)cc2C)ccc1N1CCCCC1=O. The number of hydrogen-bond acceptors (Lipinski definition) is 4. The summed E-state index contributed by atoms with van der Waals surface area (Å²) in [6.07, 6.45) is 2.35. The lowest BCUT2D eigenvalue weighted by molar-refractivity contribution is -0.119. The molecule has 0 atom stereocenters. The van der Waals surface area contributed by atoms with Gasteiger partial charge in [-0.25, -0.2) is 8.42 Å². The average molecular weight is 403 g/mol. The number of anilines is 2. The van der Waals surface area contributed by atoms with Gasteiger partial charge in [0.05, 0.1) is 23.4 Å². The highest BCUT2D eigenvalue weighted by Crippen LogP contribution is 2.34. The Kier molecular flexibility index (Phi) is 5.65. The minimum Gasteiger partial charge on any atom is -0.494 e. The van der Waals surface area contributed by atoms with Gasteiger partial charge >= 0.3 is 0 Å². The standard InChI is InChI=1S/C21H26N2O4S/c1-14-11-15(2)21(16(3)12-14)28(25,26)22-17-8-9-18(19(13-17)27-4)23-10-6-5-7-20(23)24/h8-9,11-13,22H,5-7,10H2,1-4H3. The number of piperidine rings is 1. The Morgan fingerprint density at radius 2 is 1.71 bits per heavy atom. The third-order valence-corrected chi connectivity index (χ3v) is 6.61. The molecule has 0 aliphatic carbocycles. The normalized spacial score (nSPS) is 14.9. The molecule has 1 saturated heterocycles. The first-order valence-electron chi connectivity index (χ1n) is 9.32. The highest BCUT2D eigenvalue weighted by molar-refractivity contribution is 7.92. The van der Waals surface area contributed by atoms with Crippen molar-refractivity contribution < 1.29 is 17.9 Å². The Labute approximate surface area is 166 Å². The van der Waals surface area contributed by atoms with Crippen LogP contribution in [0.25, 0.3) is 0 Å². The Morgan fingerprint density at radius 3 is 2.32 bits per heavy atom. The summed E-state index contributed by atoms with van der Waals surface area (Å²) in [5, 5.41) is 0. The second-order valence-electron chi connectivity index (χ2n) is 7.22. The molecule has 0 spiro atoms. The summed E-state index contributed by atoms with van der Waals surface area (Å²) < 4.78 is 34.0. The first kappa shape index (κ1) is 20.2. The predicted molar refractivity (Wildman–Crippen MR) is 111 cm³/mol. The number of nitrogens with one attached hydrogen (secondary N) is 1. The molecule has 1 fully saturated rings. The predicted octanol–water partition coefficient (Wildman–Crippen LogP) is 3.94. The van der Waals surface area contributed by atoms with Crippen molar-refractivity contribution in [3.63, 3.8) is 0 Å². The van der Waals surface area contributed by atoms with E-state index in [1.54, 1.807) is 36.9 Å². The summed E-state index contributed by atoms with van der Waals surface area (Å²) in [7, 11) is -2.24. The summed E-state index contributed by atoms with van der Waals surface area (Å²) >= 11 is 0. The van der Waals surface area contributed by atoms with E-state index in [0.717, 1.165) is 18.4 Å². The van der Waals surface area contributed by atoms with Gasteiger partial charge < -0.3 is 9.64 Å². The van der Waals surface area contributed by atoms with Gasteiger partial charge in [-0.1, -0.05) is 17.7 Å². The second kappa shape index (κ2) is 7.83. The maximum atomic E-state index is 13.0. The number of sulfonamides is 1. The lowest BCUT2D eigenvalue weighted by atomic mass is 10.1. The molecule has 3 rings (SSSR count). The number of methoxy groups -OCH3 is 1. The third kappa shape index (κ3) is 3.99. The van der Waals surface area contributed by atoms with Crippen LogP contribution in [-0.4, -0.2) is 28.0 Å². The zero-order chi connectivity index (χ0) is 20.5. The first-order valence-corrected chi connectivity index (χ1v) is 10.8. The quantitative estimate of drug-likeness (QED) is 0.822. The number of aryl methyl sites for hydroxylation is 3. The van der Waals surface area contributed by atoms with E-state index in [0.29, 0.717) is 41.2 Å². The summed E-state index contributed by atoms with van der Waals surface area (Å²) in [6, 6.07) is 8.72. The number of amides is 1. The number of carbonyl (C=O) groups excluding carboxylic acids is 1. The van der Waals surface area contributed by atoms with Crippen LogP contribution < -0.4 is 14.4 Å². The fourth-order valence-electron chi connectivity index (χ4n) is 3.82. The second-order valence-corrected chi connectivity index (χ2v) is 8.84. The van der Waals surface area contributed by atoms with Crippen LogP contribution in [-0.2, 0) is 14.8 Å². The van der Waals surface area contributed by atoms with Crippen LogP contribution in [0, 0.1) is 20.8 Å². The molecule has 1 heterocycles. The van der Waals surface area contributed by atoms with E-state index in [9.17, 15) is 13.2 Å². The molecule has 1 amide bonds. The van der Waals surface area contributed by atoms with E-state index in [4.69, 9.17) is 4.74 Å². The largest absolute Gasteiger partial charge is 0.494 e. The molecular formula is C21H26N2O4S. The number of ether oxygens (including phenoxy) is 1. The zero-order valence-electron chi connectivity index (χ0n) is 16.7. The number of nitrogens with zero attached hydrogens (tertiary/aromatic N) is 1. The van der Waals surface area contributed by atoms with Gasteiger partial charge in [-0.05, 0) is 56.9 Å². The van der Waals surface area contributed by atoms with Crippen LogP contribution in [0.2, 0.25) is 0 Å². The first-order chi connectivity index (χ1) is 13.2. The highest BCUT2D eigenvalue weighted by Gasteiger charge is 2.24. The molecule has 0 bridgehead atoms. The minimum absolute atomic E-state index is 0.0591. The Morgan fingerprint density at radius 1 is 1.04 bits per heavy atom. The van der Waals surface area contributed by atoms with Crippen molar-refractivity contribution >= 4 is 27.3 Å². The van der Waals surface area contributed by atoms with Gasteiger partial charge in [0, 0.05) is 19.0 Å². The van der Waals surface area contributed by atoms with Crippen LogP contribution in [0.1, 0.15) is 36.0 Å². The van der Waals surface area contributed by atoms with Crippen molar-refractivity contribution in [3.05, 3.63) is 47.0 Å². The van der Waals surface area contributed by atoms with Crippen LogP contribution in [0.15, 0.2) is 35.2 Å². The monoisotopic (exact) mass is 402 g/mol. The molecule has 7 heteroatoms. The van der Waals surface area contributed by atoms with E-state index >= 15 is 0 Å². The third-order valence-electron chi connectivity index (χ3n) is 4.92. The number of carbonyl (C=O) groups is 1. The molecule has 0 radical (unpaired) electrons. The van der Waals surface area contributed by atoms with Gasteiger partial charge in [-0.15, -0.1) is 0 Å². The number of rotatable bonds is 5. The van der Waals surface area contributed by atoms with Crippen LogP contribution >= 0.6 is 0 Å². The van der Waals surface area contributed by atoms with E-state index in [-0.39, 0.29) is 10.8 Å². The van der Waals surface area contributed by atoms with Crippen molar-refractivity contribution in [1.29, 1.82) is 0 Å². The Bertz CT molecular complexity index is 992. The van der Waals surface area contributed by atoms with Crippen molar-refractivity contribution in [2.45, 2.75) is 44.9 Å². The fraction of sp³-hybridized carbons (Fsp3) is 0.381. The molecule has 2 aromatic carbocycles. The molecule has 150 valence electrons. The summed E-state index contributed by atoms with van der Waals surface area (Å²) in [4.78, 5) is 14.2. The van der Waals surface area contributed by atoms with Crippen molar-refractivity contribution in [2.24, 2.45) is 0 Å². The van der Waals surface area contributed by atoms with Gasteiger partial charge in [-0.3, -0.25) is 9.52 Å². The molecule has 1 N–H and O–H groups in total. The van der Waals surface area contributed by atoms with E-state index in [2.05, 4.69) is 4.72 Å². The summed E-state index contributed by atoms with van der Waals surface area (Å²) in [5.74, 6) is 0.525. The molecule has 1 aliphatic rings. The van der Waals surface area contributed by atoms with Crippen molar-refractivity contribution in [2.75, 3.05) is 23.3 Å². The Hall–Kier alpha value is -2.54. The highest BCUT2D eigenvalue weighted by atomic mass is 32.2. The maximum absolute atomic E-state index is 13.0. The summed E-state index contributed by atoms with van der Waals surface area (Å²) in [5.41, 5.74) is 3.48. The minimum atomic E-state index is -3.75. The van der Waals surface area contributed by atoms with E-state index in [1.165, 1.54) is 7.11 Å². The molecular weight excluding hydrogens is 376 g/mol. The number of hydrogen-bond donors (Lipinski definition) is 1. The topological polar surface area (TPSA) is 75.7 Å². The molecule has 28 heavy (non-hydrogen) atoms. The lowest BCUT2D eigenvalue weighted by Crippen LogP contribution is -2.35. The lowest BCUT2D eigenvalue weighted by Gasteiger charge is -2.28. The molecule has 2 aromatic rings. The Balaban J connectivity index is 1.94. The molecule has 0 aromatic heterocycles. The molecule has 6 nitrogen and oxygen atoms in total. The number of benzene rings is 2. The van der Waals surface area contributed by atoms with Crippen molar-refractivity contribution in [3.8, 4) is 5.75 Å². The average Bonchev–Trinajstić information content (AvgIpc) is 2.60. The van der Waals surface area contributed by atoms with Gasteiger partial charge in [-0.2, -0.15) is 0 Å². The molecule has 0 saturated carbocycles. The fourth-order valence-corrected chi connectivity index (χ4v) is 5.33. The van der Waals surface area contributed by atoms with E-state index in [1.807, 2.05) is 19.1 Å². The summed E-state index contributed by atoms with van der Waals surface area (Å²) in [6.45, 7) is 6.16.